The predicted octanol–water partition coefficient (Wildman–Crippen LogP) is 7.78. The molecule has 0 nitrogen and oxygen atoms in total. The third-order valence-electron chi connectivity index (χ3n) is 5.80. The van der Waals surface area contributed by atoms with Crippen molar-refractivity contribution < 1.29 is 26.3 Å². The Labute approximate surface area is 160 Å². The average Bonchev–Trinajstić information content (AvgIpc) is 2.61. The summed E-state index contributed by atoms with van der Waals surface area (Å²) in [6.07, 6.45) is -6.10. The lowest BCUT2D eigenvalue weighted by atomic mass is 9.75. The van der Waals surface area contributed by atoms with Gasteiger partial charge in [-0.3, -0.25) is 0 Å². The van der Waals surface area contributed by atoms with Crippen molar-refractivity contribution in [2.75, 3.05) is 0 Å². The molecule has 2 aromatic rings. The average molecular weight is 400 g/mol. The standard InChI is InChI=1S/C22H22F6/c1-13-3-5-17(11-19(13)21(23,24)25)15-7-9-16(10-8-15)18-6-4-14(2)20(12-18)22(26,27)28/h3-6,11-12,15-16H,7-10H2,1-2H3. The summed E-state index contributed by atoms with van der Waals surface area (Å²) in [7, 11) is 0. The molecule has 0 radical (unpaired) electrons. The van der Waals surface area contributed by atoms with Crippen molar-refractivity contribution in [3.05, 3.63) is 69.8 Å². The molecule has 0 aromatic heterocycles. The van der Waals surface area contributed by atoms with Crippen LogP contribution >= 0.6 is 0 Å². The highest BCUT2D eigenvalue weighted by atomic mass is 19.4. The van der Waals surface area contributed by atoms with E-state index in [0.717, 1.165) is 0 Å². The highest BCUT2D eigenvalue weighted by Crippen LogP contribution is 2.43. The molecule has 0 saturated heterocycles. The molecule has 1 aliphatic carbocycles. The lowest BCUT2D eigenvalue weighted by Crippen LogP contribution is -2.15. The van der Waals surface area contributed by atoms with Gasteiger partial charge in [-0.05, 0) is 85.8 Å². The molecule has 1 saturated carbocycles. The third-order valence-corrected chi connectivity index (χ3v) is 5.80. The van der Waals surface area contributed by atoms with Crippen LogP contribution in [0.1, 0.15) is 70.9 Å². The zero-order valence-corrected chi connectivity index (χ0v) is 15.7. The molecule has 1 fully saturated rings. The number of benzene rings is 2. The third kappa shape index (κ3) is 4.36. The van der Waals surface area contributed by atoms with Crippen LogP contribution in [-0.2, 0) is 12.4 Å². The quantitative estimate of drug-likeness (QED) is 0.452. The Morgan fingerprint density at radius 3 is 1.21 bits per heavy atom. The molecule has 0 amide bonds. The second kappa shape index (κ2) is 7.45. The van der Waals surface area contributed by atoms with Crippen LogP contribution in [0, 0.1) is 13.8 Å². The molecule has 0 atom stereocenters. The van der Waals surface area contributed by atoms with Crippen LogP contribution in [0.25, 0.3) is 0 Å². The van der Waals surface area contributed by atoms with E-state index in [1.165, 1.54) is 38.1 Å². The van der Waals surface area contributed by atoms with Gasteiger partial charge in [0.1, 0.15) is 0 Å². The van der Waals surface area contributed by atoms with Gasteiger partial charge < -0.3 is 0 Å². The first kappa shape index (κ1) is 20.7. The number of aryl methyl sites for hydroxylation is 2. The fourth-order valence-electron chi connectivity index (χ4n) is 4.16. The molecule has 2 aromatic carbocycles. The van der Waals surface area contributed by atoms with Crippen LogP contribution in [0.3, 0.4) is 0 Å². The normalized spacial score (nSPS) is 21.0. The highest BCUT2D eigenvalue weighted by molar-refractivity contribution is 5.37. The van der Waals surface area contributed by atoms with Crippen LogP contribution in [0.2, 0.25) is 0 Å². The van der Waals surface area contributed by atoms with E-state index >= 15 is 0 Å². The minimum absolute atomic E-state index is 0.00508. The van der Waals surface area contributed by atoms with Crippen LogP contribution < -0.4 is 0 Å². The maximum absolute atomic E-state index is 13.2. The monoisotopic (exact) mass is 400 g/mol. The largest absolute Gasteiger partial charge is 0.416 e. The van der Waals surface area contributed by atoms with Gasteiger partial charge in [-0.25, -0.2) is 0 Å². The van der Waals surface area contributed by atoms with E-state index in [0.29, 0.717) is 36.8 Å². The van der Waals surface area contributed by atoms with E-state index in [9.17, 15) is 26.3 Å². The molecule has 0 bridgehead atoms. The number of alkyl halides is 6. The lowest BCUT2D eigenvalue weighted by molar-refractivity contribution is -0.139. The van der Waals surface area contributed by atoms with E-state index in [4.69, 9.17) is 0 Å². The predicted molar refractivity (Wildman–Crippen MR) is 96.3 cm³/mol. The zero-order chi connectivity index (χ0) is 20.7. The smallest absolute Gasteiger partial charge is 0.166 e. The maximum Gasteiger partial charge on any atom is 0.416 e. The van der Waals surface area contributed by atoms with Gasteiger partial charge in [0.05, 0.1) is 11.1 Å². The molecule has 0 heterocycles. The minimum atomic E-state index is -4.38. The Morgan fingerprint density at radius 2 is 0.929 bits per heavy atom. The summed E-state index contributed by atoms with van der Waals surface area (Å²) >= 11 is 0. The van der Waals surface area contributed by atoms with E-state index in [1.54, 1.807) is 12.1 Å². The summed E-state index contributed by atoms with van der Waals surface area (Å²) in [5.74, 6) is 0.0102. The second-order valence-corrected chi connectivity index (χ2v) is 7.69. The van der Waals surface area contributed by atoms with E-state index in [2.05, 4.69) is 0 Å². The Bertz CT molecular complexity index is 768. The van der Waals surface area contributed by atoms with Gasteiger partial charge >= 0.3 is 12.4 Å². The number of halogens is 6. The molecular weight excluding hydrogens is 378 g/mol. The van der Waals surface area contributed by atoms with Crippen LogP contribution in [-0.4, -0.2) is 0 Å². The molecule has 3 rings (SSSR count). The van der Waals surface area contributed by atoms with Crippen LogP contribution in [0.15, 0.2) is 36.4 Å². The summed E-state index contributed by atoms with van der Waals surface area (Å²) < 4.78 is 78.9. The van der Waals surface area contributed by atoms with Crippen molar-refractivity contribution in [2.24, 2.45) is 0 Å². The number of rotatable bonds is 2. The van der Waals surface area contributed by atoms with Crippen molar-refractivity contribution in [3.8, 4) is 0 Å². The highest BCUT2D eigenvalue weighted by Gasteiger charge is 2.35. The Hall–Kier alpha value is -1.98. The summed E-state index contributed by atoms with van der Waals surface area (Å²) in [4.78, 5) is 0. The number of hydrogen-bond donors (Lipinski definition) is 0. The maximum atomic E-state index is 13.2. The molecule has 0 spiro atoms. The van der Waals surface area contributed by atoms with Crippen molar-refractivity contribution in [3.63, 3.8) is 0 Å². The van der Waals surface area contributed by atoms with Crippen molar-refractivity contribution >= 4 is 0 Å². The van der Waals surface area contributed by atoms with E-state index in [1.807, 2.05) is 0 Å². The van der Waals surface area contributed by atoms with E-state index in [-0.39, 0.29) is 23.0 Å². The number of hydrogen-bond acceptors (Lipinski definition) is 0. The summed E-state index contributed by atoms with van der Waals surface area (Å²) in [6.45, 7) is 2.89. The second-order valence-electron chi connectivity index (χ2n) is 7.69. The molecular formula is C22H22F6. The van der Waals surface area contributed by atoms with Gasteiger partial charge in [0.15, 0.2) is 0 Å². The fraction of sp³-hybridized carbons (Fsp3) is 0.455. The Balaban J connectivity index is 1.75. The van der Waals surface area contributed by atoms with Gasteiger partial charge in [0.25, 0.3) is 0 Å². The van der Waals surface area contributed by atoms with Crippen LogP contribution in [0.4, 0.5) is 26.3 Å². The van der Waals surface area contributed by atoms with Crippen molar-refractivity contribution in [1.82, 2.24) is 0 Å². The molecule has 6 heteroatoms. The van der Waals surface area contributed by atoms with Gasteiger partial charge in [0.2, 0.25) is 0 Å². The lowest BCUT2D eigenvalue weighted by Gasteiger charge is -2.30. The summed E-state index contributed by atoms with van der Waals surface area (Å²) in [5.41, 5.74) is 0.502. The summed E-state index contributed by atoms with van der Waals surface area (Å²) in [5, 5.41) is 0. The topological polar surface area (TPSA) is 0 Å². The van der Waals surface area contributed by atoms with Crippen molar-refractivity contribution in [2.45, 2.75) is 63.7 Å². The van der Waals surface area contributed by atoms with Crippen molar-refractivity contribution in [1.29, 1.82) is 0 Å². The first-order chi connectivity index (χ1) is 13.0. The molecule has 0 unspecified atom stereocenters. The van der Waals surface area contributed by atoms with Gasteiger partial charge in [-0.15, -0.1) is 0 Å². The van der Waals surface area contributed by atoms with E-state index < -0.39 is 23.5 Å². The first-order valence-electron chi connectivity index (χ1n) is 9.32. The Kier molecular flexibility index (Phi) is 5.52. The minimum Gasteiger partial charge on any atom is -0.166 e. The van der Waals surface area contributed by atoms with Gasteiger partial charge in [-0.2, -0.15) is 26.3 Å². The Morgan fingerprint density at radius 1 is 0.607 bits per heavy atom. The molecule has 1 aliphatic rings. The van der Waals surface area contributed by atoms with Gasteiger partial charge in [-0.1, -0.05) is 24.3 Å². The molecule has 0 aliphatic heterocycles. The van der Waals surface area contributed by atoms with Crippen LogP contribution in [0.5, 0.6) is 0 Å². The molecule has 28 heavy (non-hydrogen) atoms. The summed E-state index contributed by atoms with van der Waals surface area (Å²) in [6, 6.07) is 8.94. The zero-order valence-electron chi connectivity index (χ0n) is 15.7. The first-order valence-corrected chi connectivity index (χ1v) is 9.32. The molecule has 152 valence electrons. The molecule has 0 N–H and O–H groups in total. The van der Waals surface area contributed by atoms with Gasteiger partial charge in [0, 0.05) is 0 Å². The fourth-order valence-corrected chi connectivity index (χ4v) is 4.16. The SMILES string of the molecule is Cc1ccc(C2CCC(c3ccc(C)c(C(F)(F)F)c3)CC2)cc1C(F)(F)F.